The summed E-state index contributed by atoms with van der Waals surface area (Å²) in [6.07, 6.45) is 32.1. The number of hydrogen-bond donors (Lipinski definition) is 3. The van der Waals surface area contributed by atoms with Crippen molar-refractivity contribution in [2.75, 3.05) is 39.5 Å². The lowest BCUT2D eigenvalue weighted by molar-refractivity contribution is -0.131. The van der Waals surface area contributed by atoms with Gasteiger partial charge in [-0.3, -0.25) is 14.4 Å². The van der Waals surface area contributed by atoms with E-state index in [0.29, 0.717) is 32.7 Å². The Bertz CT molecular complexity index is 774. The molecule has 1 rings (SSSR count). The van der Waals surface area contributed by atoms with Crippen LogP contribution in [0.25, 0.3) is 0 Å². The zero-order chi connectivity index (χ0) is 35.5. The highest BCUT2D eigenvalue weighted by Gasteiger charge is 2.27. The van der Waals surface area contributed by atoms with Gasteiger partial charge in [-0.05, 0) is 44.9 Å². The molecule has 0 spiro atoms. The minimum absolute atomic E-state index is 0.0244. The predicted octanol–water partition coefficient (Wildman–Crippen LogP) is 9.33. The van der Waals surface area contributed by atoms with E-state index in [4.69, 9.17) is 9.47 Å². The van der Waals surface area contributed by atoms with Gasteiger partial charge in [-0.2, -0.15) is 0 Å². The normalized spacial score (nSPS) is 13.8. The molecule has 0 aliphatic heterocycles. The highest BCUT2D eigenvalue weighted by molar-refractivity contribution is 5.89. The largest absolute Gasteiger partial charge is 0.381 e. The molecule has 288 valence electrons. The predicted molar refractivity (Wildman–Crippen MR) is 204 cm³/mol. The van der Waals surface area contributed by atoms with Gasteiger partial charge in [0.25, 0.3) is 0 Å². The quantitative estimate of drug-likeness (QED) is 0.0568. The zero-order valence-corrected chi connectivity index (χ0v) is 32.2. The van der Waals surface area contributed by atoms with Crippen molar-refractivity contribution in [3.63, 3.8) is 0 Å². The second-order valence-electron chi connectivity index (χ2n) is 14.5. The third-order valence-electron chi connectivity index (χ3n) is 9.86. The van der Waals surface area contributed by atoms with Gasteiger partial charge >= 0.3 is 0 Å². The first-order chi connectivity index (χ1) is 24.1. The highest BCUT2D eigenvalue weighted by atomic mass is 16.5. The number of nitrogens with one attached hydrogen (secondary N) is 3. The first-order valence-corrected chi connectivity index (χ1v) is 21.1. The molecule has 1 atom stereocenters. The lowest BCUT2D eigenvalue weighted by Gasteiger charge is -2.20. The van der Waals surface area contributed by atoms with Gasteiger partial charge in [-0.15, -0.1) is 0 Å². The van der Waals surface area contributed by atoms with Crippen LogP contribution in [0.4, 0.5) is 0 Å². The summed E-state index contributed by atoms with van der Waals surface area (Å²) in [4.78, 5) is 38.4. The number of rotatable bonds is 36. The van der Waals surface area contributed by atoms with E-state index in [-0.39, 0.29) is 30.1 Å². The summed E-state index contributed by atoms with van der Waals surface area (Å²) in [6, 6.07) is -0.698. The van der Waals surface area contributed by atoms with Crippen LogP contribution in [0.3, 0.4) is 0 Å². The van der Waals surface area contributed by atoms with E-state index < -0.39 is 6.04 Å². The lowest BCUT2D eigenvalue weighted by Crippen LogP contribution is -2.49. The van der Waals surface area contributed by atoms with Gasteiger partial charge in [0.05, 0.1) is 0 Å². The van der Waals surface area contributed by atoms with E-state index >= 15 is 0 Å². The summed E-state index contributed by atoms with van der Waals surface area (Å²) in [5.74, 6) is -0.390. The monoisotopic (exact) mass is 694 g/mol. The van der Waals surface area contributed by atoms with Crippen molar-refractivity contribution in [1.82, 2.24) is 16.0 Å². The molecule has 1 fully saturated rings. The summed E-state index contributed by atoms with van der Waals surface area (Å²) in [5, 5.41) is 8.87. The lowest BCUT2D eigenvalue weighted by atomic mass is 10.0. The standard InChI is InChI=1S/C41H79N3O5/c1-3-5-7-9-11-13-15-17-19-23-33-48-35-25-31-42-39(45)30-29-38(44-40(46)37-27-21-22-28-37)41(47)43-32-26-36-49-34-24-20-18-16-14-12-10-8-6-4-2/h37-38H,3-36H2,1-2H3,(H,42,45)(H,43,47)(H,44,46). The first kappa shape index (κ1) is 45.4. The second-order valence-corrected chi connectivity index (χ2v) is 14.5. The molecule has 0 aromatic heterocycles. The fourth-order valence-electron chi connectivity index (χ4n) is 6.61. The third kappa shape index (κ3) is 28.7. The topological polar surface area (TPSA) is 106 Å². The molecular weight excluding hydrogens is 614 g/mol. The summed E-state index contributed by atoms with van der Waals surface area (Å²) in [7, 11) is 0. The van der Waals surface area contributed by atoms with Gasteiger partial charge in [0, 0.05) is 51.9 Å². The maximum atomic E-state index is 13.0. The van der Waals surface area contributed by atoms with Crippen LogP contribution in [0, 0.1) is 5.92 Å². The number of amides is 3. The Labute approximate surface area is 302 Å². The third-order valence-corrected chi connectivity index (χ3v) is 9.86. The number of carbonyl (C=O) groups is 3. The number of hydrogen-bond acceptors (Lipinski definition) is 5. The Hall–Kier alpha value is -1.67. The molecule has 0 aromatic carbocycles. The second kappa shape index (κ2) is 34.8. The minimum Gasteiger partial charge on any atom is -0.381 e. The number of ether oxygens (including phenoxy) is 2. The Morgan fingerprint density at radius 1 is 0.551 bits per heavy atom. The molecular formula is C41H79N3O5. The van der Waals surface area contributed by atoms with Crippen LogP contribution in [0.15, 0.2) is 0 Å². The molecule has 1 unspecified atom stereocenters. The molecule has 3 amide bonds. The maximum absolute atomic E-state index is 13.0. The molecule has 1 aliphatic rings. The fourth-order valence-corrected chi connectivity index (χ4v) is 6.61. The van der Waals surface area contributed by atoms with Crippen LogP contribution in [0.5, 0.6) is 0 Å². The van der Waals surface area contributed by atoms with Crippen molar-refractivity contribution >= 4 is 17.7 Å². The van der Waals surface area contributed by atoms with Gasteiger partial charge in [0.1, 0.15) is 6.04 Å². The molecule has 0 saturated heterocycles. The molecule has 0 heterocycles. The molecule has 0 radical (unpaired) electrons. The molecule has 49 heavy (non-hydrogen) atoms. The molecule has 8 nitrogen and oxygen atoms in total. The maximum Gasteiger partial charge on any atom is 0.242 e. The fraction of sp³-hybridized carbons (Fsp3) is 0.927. The van der Waals surface area contributed by atoms with Gasteiger partial charge in [0.15, 0.2) is 0 Å². The van der Waals surface area contributed by atoms with Crippen molar-refractivity contribution in [2.45, 2.75) is 200 Å². The SMILES string of the molecule is CCCCCCCCCCCCOCCCNC(=O)CCC(NC(=O)C1CCCC1)C(=O)NCCCOCCCCCCCCCCCC. The minimum atomic E-state index is -0.698. The Kier molecular flexibility index (Phi) is 32.2. The van der Waals surface area contributed by atoms with Gasteiger partial charge in [-0.25, -0.2) is 0 Å². The molecule has 3 N–H and O–H groups in total. The summed E-state index contributed by atoms with van der Waals surface area (Å²) in [5.41, 5.74) is 0. The van der Waals surface area contributed by atoms with Crippen LogP contribution in [0.2, 0.25) is 0 Å². The Morgan fingerprint density at radius 2 is 0.959 bits per heavy atom. The zero-order valence-electron chi connectivity index (χ0n) is 32.2. The molecule has 1 aliphatic carbocycles. The van der Waals surface area contributed by atoms with E-state index in [9.17, 15) is 14.4 Å². The Morgan fingerprint density at radius 3 is 1.43 bits per heavy atom. The molecule has 8 heteroatoms. The number of carbonyl (C=O) groups excluding carboxylic acids is 3. The average molecular weight is 694 g/mol. The van der Waals surface area contributed by atoms with E-state index in [0.717, 1.165) is 64.6 Å². The summed E-state index contributed by atoms with van der Waals surface area (Å²) < 4.78 is 11.5. The van der Waals surface area contributed by atoms with Crippen LogP contribution >= 0.6 is 0 Å². The highest BCUT2D eigenvalue weighted by Crippen LogP contribution is 2.25. The number of unbranched alkanes of at least 4 members (excludes halogenated alkanes) is 18. The van der Waals surface area contributed by atoms with Crippen molar-refractivity contribution in [3.8, 4) is 0 Å². The van der Waals surface area contributed by atoms with E-state index in [1.54, 1.807) is 0 Å². The van der Waals surface area contributed by atoms with Crippen molar-refractivity contribution in [2.24, 2.45) is 5.92 Å². The first-order valence-electron chi connectivity index (χ1n) is 21.1. The van der Waals surface area contributed by atoms with Crippen LogP contribution in [0.1, 0.15) is 194 Å². The summed E-state index contributed by atoms with van der Waals surface area (Å²) >= 11 is 0. The smallest absolute Gasteiger partial charge is 0.242 e. The van der Waals surface area contributed by atoms with Gasteiger partial charge in [0.2, 0.25) is 17.7 Å². The van der Waals surface area contributed by atoms with E-state index in [1.165, 1.54) is 116 Å². The van der Waals surface area contributed by atoms with Gasteiger partial charge < -0.3 is 25.4 Å². The van der Waals surface area contributed by atoms with E-state index in [1.807, 2.05) is 0 Å². The molecule has 1 saturated carbocycles. The van der Waals surface area contributed by atoms with Gasteiger partial charge in [-0.1, -0.05) is 142 Å². The van der Waals surface area contributed by atoms with Crippen molar-refractivity contribution < 1.29 is 23.9 Å². The van der Waals surface area contributed by atoms with Crippen LogP contribution in [-0.4, -0.2) is 63.3 Å². The molecule has 0 bridgehead atoms. The van der Waals surface area contributed by atoms with Crippen LogP contribution in [-0.2, 0) is 23.9 Å². The van der Waals surface area contributed by atoms with Crippen molar-refractivity contribution in [3.05, 3.63) is 0 Å². The van der Waals surface area contributed by atoms with E-state index in [2.05, 4.69) is 29.8 Å². The average Bonchev–Trinajstić information content (AvgIpc) is 3.65. The van der Waals surface area contributed by atoms with Crippen LogP contribution < -0.4 is 16.0 Å². The van der Waals surface area contributed by atoms with Crippen molar-refractivity contribution in [1.29, 1.82) is 0 Å². The summed E-state index contributed by atoms with van der Waals surface area (Å²) in [6.45, 7) is 8.39. The Balaban J connectivity index is 2.13. The molecule has 0 aromatic rings.